The molecule has 2 aromatic carbocycles. The third-order valence-electron chi connectivity index (χ3n) is 6.33. The quantitative estimate of drug-likeness (QED) is 0.266. The van der Waals surface area contributed by atoms with Gasteiger partial charge in [0.25, 0.3) is 5.91 Å². The van der Waals surface area contributed by atoms with Crippen molar-refractivity contribution in [1.82, 2.24) is 35.2 Å². The molecule has 0 unspecified atom stereocenters. The SMILES string of the molecule is COc1cc(-c2nc(Nc3ccc4[nH]ncc4c3)n(CCN3CCOCC3)n2)ccc1OCC(=O)NC(C)C. The van der Waals surface area contributed by atoms with E-state index in [-0.39, 0.29) is 18.6 Å². The van der Waals surface area contributed by atoms with E-state index in [0.717, 1.165) is 55.0 Å². The molecule has 12 nitrogen and oxygen atoms in total. The Hall–Kier alpha value is -4.16. The zero-order chi connectivity index (χ0) is 27.2. The Morgan fingerprint density at radius 3 is 2.77 bits per heavy atom. The van der Waals surface area contributed by atoms with E-state index in [1.54, 1.807) is 19.4 Å². The van der Waals surface area contributed by atoms with Crippen LogP contribution >= 0.6 is 0 Å². The van der Waals surface area contributed by atoms with Gasteiger partial charge < -0.3 is 24.8 Å². The fraction of sp³-hybridized carbons (Fsp3) is 0.407. The molecule has 0 spiro atoms. The molecule has 4 aromatic rings. The number of nitrogens with zero attached hydrogens (tertiary/aromatic N) is 5. The lowest BCUT2D eigenvalue weighted by molar-refractivity contribution is -0.123. The van der Waals surface area contributed by atoms with E-state index in [4.69, 9.17) is 24.3 Å². The molecule has 1 fully saturated rings. The lowest BCUT2D eigenvalue weighted by Gasteiger charge is -2.26. The fourth-order valence-corrected chi connectivity index (χ4v) is 4.36. The zero-order valence-corrected chi connectivity index (χ0v) is 22.4. The highest BCUT2D eigenvalue weighted by Crippen LogP contribution is 2.32. The van der Waals surface area contributed by atoms with Gasteiger partial charge in [-0.2, -0.15) is 10.1 Å². The van der Waals surface area contributed by atoms with E-state index in [2.05, 4.69) is 25.7 Å². The number of H-pyrrole nitrogens is 1. The summed E-state index contributed by atoms with van der Waals surface area (Å²) in [6.07, 6.45) is 1.79. The van der Waals surface area contributed by atoms with Crippen molar-refractivity contribution in [2.24, 2.45) is 0 Å². The van der Waals surface area contributed by atoms with E-state index in [9.17, 15) is 4.79 Å². The summed E-state index contributed by atoms with van der Waals surface area (Å²) in [7, 11) is 1.56. The second kappa shape index (κ2) is 12.1. The Balaban J connectivity index is 1.38. The fourth-order valence-electron chi connectivity index (χ4n) is 4.36. The summed E-state index contributed by atoms with van der Waals surface area (Å²) in [5, 5.41) is 19.1. The average molecular weight is 535 g/mol. The van der Waals surface area contributed by atoms with Gasteiger partial charge in [0.15, 0.2) is 23.9 Å². The normalized spacial score (nSPS) is 14.1. The number of nitrogens with one attached hydrogen (secondary N) is 3. The third-order valence-corrected chi connectivity index (χ3v) is 6.33. The first-order valence-electron chi connectivity index (χ1n) is 13.0. The summed E-state index contributed by atoms with van der Waals surface area (Å²) in [5.74, 6) is 1.95. The van der Waals surface area contributed by atoms with Crippen molar-refractivity contribution in [2.75, 3.05) is 51.9 Å². The van der Waals surface area contributed by atoms with Gasteiger partial charge in [-0.3, -0.25) is 14.8 Å². The summed E-state index contributed by atoms with van der Waals surface area (Å²) in [6, 6.07) is 11.5. The van der Waals surface area contributed by atoms with Gasteiger partial charge in [0.05, 0.1) is 38.6 Å². The van der Waals surface area contributed by atoms with Crippen LogP contribution in [-0.2, 0) is 16.1 Å². The van der Waals surface area contributed by atoms with Crippen LogP contribution in [0.1, 0.15) is 13.8 Å². The van der Waals surface area contributed by atoms with Gasteiger partial charge in [-0.25, -0.2) is 4.68 Å². The highest BCUT2D eigenvalue weighted by molar-refractivity contribution is 5.82. The Kier molecular flexibility index (Phi) is 8.23. The molecule has 0 bridgehead atoms. The van der Waals surface area contributed by atoms with Gasteiger partial charge in [0.2, 0.25) is 5.95 Å². The number of hydrogen-bond donors (Lipinski definition) is 3. The molecule has 1 aliphatic heterocycles. The van der Waals surface area contributed by atoms with Crippen LogP contribution < -0.4 is 20.1 Å². The van der Waals surface area contributed by atoms with Crippen LogP contribution in [0.15, 0.2) is 42.6 Å². The molecule has 5 rings (SSSR count). The van der Waals surface area contributed by atoms with Crippen molar-refractivity contribution in [3.63, 3.8) is 0 Å². The number of benzene rings is 2. The van der Waals surface area contributed by atoms with Crippen LogP contribution in [0.3, 0.4) is 0 Å². The van der Waals surface area contributed by atoms with Crippen molar-refractivity contribution in [1.29, 1.82) is 0 Å². The zero-order valence-electron chi connectivity index (χ0n) is 22.4. The van der Waals surface area contributed by atoms with E-state index in [1.165, 1.54) is 0 Å². The number of rotatable bonds is 11. The van der Waals surface area contributed by atoms with Crippen LogP contribution in [0.5, 0.6) is 11.5 Å². The molecule has 0 atom stereocenters. The van der Waals surface area contributed by atoms with Gasteiger partial charge >= 0.3 is 0 Å². The Morgan fingerprint density at radius 2 is 1.97 bits per heavy atom. The highest BCUT2D eigenvalue weighted by atomic mass is 16.5. The van der Waals surface area contributed by atoms with Crippen LogP contribution in [-0.4, -0.2) is 88.4 Å². The van der Waals surface area contributed by atoms with Gasteiger partial charge in [0, 0.05) is 42.3 Å². The first kappa shape index (κ1) is 26.4. The standard InChI is InChI=1S/C27H34N8O4/c1-18(2)29-25(36)17-39-23-7-4-19(15-24(23)37-3)26-31-27(30-21-5-6-22-20(14-21)16-28-32-22)35(33-26)9-8-34-10-12-38-13-11-34/h4-7,14-16,18H,8-13,17H2,1-3H3,(H,28,32)(H,29,36)(H,30,31,33). The topological polar surface area (TPSA) is 131 Å². The number of carbonyl (C=O) groups is 1. The minimum absolute atomic E-state index is 0.0409. The highest BCUT2D eigenvalue weighted by Gasteiger charge is 2.17. The molecule has 1 amide bonds. The summed E-state index contributed by atoms with van der Waals surface area (Å²) in [4.78, 5) is 19.2. The molecule has 3 N–H and O–H groups in total. The number of carbonyl (C=O) groups excluding carboxylic acids is 1. The smallest absolute Gasteiger partial charge is 0.258 e. The molecule has 12 heteroatoms. The molecule has 1 saturated heterocycles. The van der Waals surface area contributed by atoms with E-state index < -0.39 is 0 Å². The number of morpholine rings is 1. The van der Waals surface area contributed by atoms with Crippen molar-refractivity contribution < 1.29 is 19.0 Å². The first-order chi connectivity index (χ1) is 19.0. The van der Waals surface area contributed by atoms with Gasteiger partial charge in [0.1, 0.15) is 0 Å². The lowest BCUT2D eigenvalue weighted by atomic mass is 10.2. The Bertz CT molecular complexity index is 1410. The maximum atomic E-state index is 12.0. The van der Waals surface area contributed by atoms with Gasteiger partial charge in [-0.1, -0.05) is 0 Å². The molecule has 2 aromatic heterocycles. The van der Waals surface area contributed by atoms with E-state index in [1.807, 2.05) is 48.9 Å². The largest absolute Gasteiger partial charge is 0.493 e. The molecule has 3 heterocycles. The van der Waals surface area contributed by atoms with Crippen LogP contribution in [0.25, 0.3) is 22.3 Å². The molecule has 0 aliphatic carbocycles. The van der Waals surface area contributed by atoms with Gasteiger partial charge in [-0.05, 0) is 50.2 Å². The van der Waals surface area contributed by atoms with Crippen LogP contribution in [0.2, 0.25) is 0 Å². The number of aromatic amines is 1. The van der Waals surface area contributed by atoms with Crippen molar-refractivity contribution in [2.45, 2.75) is 26.4 Å². The number of fused-ring (bicyclic) bond motifs is 1. The molecule has 0 saturated carbocycles. The predicted octanol–water partition coefficient (Wildman–Crippen LogP) is 2.81. The van der Waals surface area contributed by atoms with Crippen molar-refractivity contribution in [3.8, 4) is 22.9 Å². The summed E-state index contributed by atoms with van der Waals surface area (Å²) >= 11 is 0. The Labute approximate surface area is 226 Å². The number of anilines is 2. The second-order valence-corrected chi connectivity index (χ2v) is 9.61. The lowest BCUT2D eigenvalue weighted by Crippen LogP contribution is -2.38. The van der Waals surface area contributed by atoms with Crippen LogP contribution in [0, 0.1) is 0 Å². The molecular weight excluding hydrogens is 500 g/mol. The average Bonchev–Trinajstić information content (AvgIpc) is 3.57. The predicted molar refractivity (Wildman–Crippen MR) is 147 cm³/mol. The van der Waals surface area contributed by atoms with E-state index in [0.29, 0.717) is 29.8 Å². The minimum atomic E-state index is -0.193. The summed E-state index contributed by atoms with van der Waals surface area (Å²) in [6.45, 7) is 8.47. The summed E-state index contributed by atoms with van der Waals surface area (Å²) in [5.41, 5.74) is 2.62. The molecule has 0 radical (unpaired) electrons. The number of hydrogen-bond acceptors (Lipinski definition) is 9. The van der Waals surface area contributed by atoms with Crippen molar-refractivity contribution in [3.05, 3.63) is 42.6 Å². The van der Waals surface area contributed by atoms with Gasteiger partial charge in [-0.15, -0.1) is 5.10 Å². The maximum Gasteiger partial charge on any atom is 0.258 e. The molecule has 206 valence electrons. The first-order valence-corrected chi connectivity index (χ1v) is 13.0. The maximum absolute atomic E-state index is 12.0. The third kappa shape index (κ3) is 6.65. The number of amides is 1. The number of aromatic nitrogens is 5. The van der Waals surface area contributed by atoms with E-state index >= 15 is 0 Å². The monoisotopic (exact) mass is 534 g/mol. The van der Waals surface area contributed by atoms with Crippen LogP contribution in [0.4, 0.5) is 11.6 Å². The number of ether oxygens (including phenoxy) is 3. The Morgan fingerprint density at radius 1 is 1.13 bits per heavy atom. The summed E-state index contributed by atoms with van der Waals surface area (Å²) < 4.78 is 18.6. The molecular formula is C27H34N8O4. The molecule has 1 aliphatic rings. The molecule has 39 heavy (non-hydrogen) atoms. The minimum Gasteiger partial charge on any atom is -0.493 e. The number of methoxy groups -OCH3 is 1. The van der Waals surface area contributed by atoms with Crippen molar-refractivity contribution >= 4 is 28.4 Å². The second-order valence-electron chi connectivity index (χ2n) is 9.61.